The van der Waals surface area contributed by atoms with Gasteiger partial charge in [-0.05, 0) is 22.9 Å². The highest BCUT2D eigenvalue weighted by atomic mass is 33.1. The molecule has 13 heavy (non-hydrogen) atoms. The molecule has 5 heteroatoms. The summed E-state index contributed by atoms with van der Waals surface area (Å²) in [7, 11) is 3.20. The molecule has 0 amide bonds. The van der Waals surface area contributed by atoms with Gasteiger partial charge in [-0.25, -0.2) is 4.98 Å². The lowest BCUT2D eigenvalue weighted by molar-refractivity contribution is -0.110. The highest BCUT2D eigenvalue weighted by Crippen LogP contribution is 2.29. The van der Waals surface area contributed by atoms with Crippen molar-refractivity contribution in [2.75, 3.05) is 5.75 Å². The Morgan fingerprint density at radius 1 is 1.54 bits per heavy atom. The van der Waals surface area contributed by atoms with Crippen LogP contribution >= 0.6 is 34.2 Å². The third kappa shape index (κ3) is 5.23. The number of carbonyl (C=O) groups is 1. The molecule has 0 fully saturated rings. The summed E-state index contributed by atoms with van der Waals surface area (Å²) < 4.78 is 0. The van der Waals surface area contributed by atoms with E-state index in [1.807, 2.05) is 18.2 Å². The van der Waals surface area contributed by atoms with E-state index in [0.29, 0.717) is 6.42 Å². The second-order valence-corrected chi connectivity index (χ2v) is 5.15. The summed E-state index contributed by atoms with van der Waals surface area (Å²) in [5.41, 5.74) is 0. The maximum atomic E-state index is 10.5. The summed E-state index contributed by atoms with van der Waals surface area (Å²) in [6.07, 6.45) is 2.26. The molecule has 1 aromatic heterocycles. The molecule has 0 aromatic carbocycles. The quantitative estimate of drug-likeness (QED) is 0.479. The van der Waals surface area contributed by atoms with E-state index >= 15 is 0 Å². The van der Waals surface area contributed by atoms with E-state index in [1.54, 1.807) is 27.8 Å². The van der Waals surface area contributed by atoms with Crippen molar-refractivity contribution in [3.63, 3.8) is 0 Å². The van der Waals surface area contributed by atoms with Gasteiger partial charge in [0.05, 0.1) is 0 Å². The summed E-state index contributed by atoms with van der Waals surface area (Å²) >= 11 is 3.68. The summed E-state index contributed by atoms with van der Waals surface area (Å²) in [5, 5.41) is 0.910. The third-order valence-corrected chi connectivity index (χ3v) is 3.67. The fourth-order valence-electron chi connectivity index (χ4n) is 0.627. The Morgan fingerprint density at radius 2 is 2.38 bits per heavy atom. The molecule has 1 heterocycles. The van der Waals surface area contributed by atoms with E-state index in [9.17, 15) is 4.79 Å². The number of carbonyl (C=O) groups excluding carboxylic acids is 1. The monoisotopic (exact) mass is 231 g/mol. The zero-order valence-electron chi connectivity index (χ0n) is 6.84. The van der Waals surface area contributed by atoms with Crippen molar-refractivity contribution in [1.29, 1.82) is 0 Å². The van der Waals surface area contributed by atoms with Crippen molar-refractivity contribution in [3.8, 4) is 0 Å². The number of rotatable bonds is 5. The molecule has 0 N–H and O–H groups in total. The van der Waals surface area contributed by atoms with Crippen molar-refractivity contribution in [2.45, 2.75) is 11.4 Å². The van der Waals surface area contributed by atoms with Crippen LogP contribution in [-0.4, -0.2) is 15.9 Å². The molecule has 0 saturated carbocycles. The maximum absolute atomic E-state index is 10.5. The van der Waals surface area contributed by atoms with Gasteiger partial charge in [-0.15, -0.1) is 12.6 Å². The van der Waals surface area contributed by atoms with Crippen LogP contribution in [0.2, 0.25) is 0 Å². The molecule has 0 bridgehead atoms. The van der Waals surface area contributed by atoms with Gasteiger partial charge in [0.1, 0.15) is 5.03 Å². The van der Waals surface area contributed by atoms with Crippen LogP contribution in [0.4, 0.5) is 0 Å². The Hall–Kier alpha value is -0.130. The summed E-state index contributed by atoms with van der Waals surface area (Å²) in [4.78, 5) is 14.6. The van der Waals surface area contributed by atoms with Crippen molar-refractivity contribution in [1.82, 2.24) is 4.98 Å². The van der Waals surface area contributed by atoms with Crippen LogP contribution in [-0.2, 0) is 4.79 Å². The van der Waals surface area contributed by atoms with E-state index in [-0.39, 0.29) is 5.12 Å². The van der Waals surface area contributed by atoms with Gasteiger partial charge >= 0.3 is 0 Å². The number of thiol groups is 1. The van der Waals surface area contributed by atoms with E-state index in [2.05, 4.69) is 17.6 Å². The topological polar surface area (TPSA) is 30.0 Å². The van der Waals surface area contributed by atoms with Gasteiger partial charge in [0.25, 0.3) is 0 Å². The first-order valence-corrected chi connectivity index (χ1v) is 6.48. The van der Waals surface area contributed by atoms with Gasteiger partial charge in [0.2, 0.25) is 0 Å². The minimum atomic E-state index is -0.0610. The van der Waals surface area contributed by atoms with Gasteiger partial charge in [-0.1, -0.05) is 16.9 Å². The second-order valence-electron chi connectivity index (χ2n) is 2.22. The first-order valence-electron chi connectivity index (χ1n) is 3.71. The van der Waals surface area contributed by atoms with E-state index in [4.69, 9.17) is 0 Å². The van der Waals surface area contributed by atoms with Crippen LogP contribution in [0.15, 0.2) is 29.4 Å². The molecule has 0 spiro atoms. The molecular weight excluding hydrogens is 222 g/mol. The van der Waals surface area contributed by atoms with Crippen LogP contribution in [0.3, 0.4) is 0 Å². The van der Waals surface area contributed by atoms with Gasteiger partial charge in [0, 0.05) is 18.4 Å². The maximum Gasteiger partial charge on any atom is 0.186 e. The van der Waals surface area contributed by atoms with E-state index in [0.717, 1.165) is 10.8 Å². The normalized spacial score (nSPS) is 9.92. The predicted octanol–water partition coefficient (Wildman–Crippen LogP) is 2.67. The van der Waals surface area contributed by atoms with Crippen LogP contribution in [0.1, 0.15) is 6.42 Å². The first-order chi connectivity index (χ1) is 6.29. The smallest absolute Gasteiger partial charge is 0.186 e. The molecular formula is C8H9NOS3. The Kier molecular flexibility index (Phi) is 5.34. The standard InChI is InChI=1S/C8H9NOS3/c10-8(11)4-6-12-13-7-3-1-2-5-9-7/h1-3,5H,4,6H2,(H,10,11). The first kappa shape index (κ1) is 10.9. The molecule has 2 nitrogen and oxygen atoms in total. The van der Waals surface area contributed by atoms with Crippen molar-refractivity contribution in [3.05, 3.63) is 24.4 Å². The van der Waals surface area contributed by atoms with E-state index < -0.39 is 0 Å². The summed E-state index contributed by atoms with van der Waals surface area (Å²) in [5.74, 6) is 0.781. The lowest BCUT2D eigenvalue weighted by atomic mass is 10.5. The van der Waals surface area contributed by atoms with Crippen molar-refractivity contribution < 1.29 is 4.79 Å². The molecule has 0 radical (unpaired) electrons. The summed E-state index contributed by atoms with van der Waals surface area (Å²) in [6.45, 7) is 0. The number of hydrogen-bond acceptors (Lipinski definition) is 4. The van der Waals surface area contributed by atoms with Crippen LogP contribution in [0.5, 0.6) is 0 Å². The van der Waals surface area contributed by atoms with Gasteiger partial charge < -0.3 is 0 Å². The van der Waals surface area contributed by atoms with Crippen LogP contribution in [0, 0.1) is 0 Å². The fraction of sp³-hybridized carbons (Fsp3) is 0.250. The fourth-order valence-corrected chi connectivity index (χ4v) is 2.76. The number of hydrogen-bond donors (Lipinski definition) is 1. The Morgan fingerprint density at radius 3 is 3.00 bits per heavy atom. The van der Waals surface area contributed by atoms with Crippen molar-refractivity contribution in [2.24, 2.45) is 0 Å². The molecule has 1 aromatic rings. The van der Waals surface area contributed by atoms with Gasteiger partial charge in [0.15, 0.2) is 5.12 Å². The van der Waals surface area contributed by atoms with E-state index in [1.165, 1.54) is 0 Å². The molecule has 0 atom stereocenters. The SMILES string of the molecule is O=C(S)CCSSc1ccccn1. The highest BCUT2D eigenvalue weighted by molar-refractivity contribution is 8.76. The van der Waals surface area contributed by atoms with Gasteiger partial charge in [-0.2, -0.15) is 0 Å². The molecule has 0 aliphatic heterocycles. The number of pyridine rings is 1. The zero-order valence-corrected chi connectivity index (χ0v) is 9.37. The minimum absolute atomic E-state index is 0.0610. The lowest BCUT2D eigenvalue weighted by Gasteiger charge is -1.97. The van der Waals surface area contributed by atoms with Crippen molar-refractivity contribution >= 4 is 39.3 Å². The van der Waals surface area contributed by atoms with Gasteiger partial charge in [-0.3, -0.25) is 4.79 Å². The second kappa shape index (κ2) is 6.34. The molecule has 0 saturated heterocycles. The largest absolute Gasteiger partial charge is 0.287 e. The summed E-state index contributed by atoms with van der Waals surface area (Å²) in [6, 6.07) is 5.77. The number of nitrogens with zero attached hydrogens (tertiary/aromatic N) is 1. The third-order valence-electron chi connectivity index (χ3n) is 1.18. The molecule has 0 aliphatic rings. The predicted molar refractivity (Wildman–Crippen MR) is 61.2 cm³/mol. The van der Waals surface area contributed by atoms with Crippen LogP contribution < -0.4 is 0 Å². The lowest BCUT2D eigenvalue weighted by Crippen LogP contribution is -1.86. The molecule has 70 valence electrons. The molecule has 1 rings (SSSR count). The highest BCUT2D eigenvalue weighted by Gasteiger charge is 1.97. The minimum Gasteiger partial charge on any atom is -0.287 e. The molecule has 0 unspecified atom stereocenters. The Labute approximate surface area is 90.7 Å². The Bertz CT molecular complexity index is 265. The molecule has 0 aliphatic carbocycles. The number of aromatic nitrogens is 1. The van der Waals surface area contributed by atoms with Crippen LogP contribution in [0.25, 0.3) is 0 Å². The Balaban J connectivity index is 2.17. The average molecular weight is 231 g/mol. The average Bonchev–Trinajstić information content (AvgIpc) is 2.14. The zero-order chi connectivity index (χ0) is 9.52.